The lowest BCUT2D eigenvalue weighted by molar-refractivity contribution is 0.0697. The summed E-state index contributed by atoms with van der Waals surface area (Å²) in [7, 11) is 3.96. The molecule has 1 aromatic rings. The lowest BCUT2D eigenvalue weighted by Crippen LogP contribution is -2.20. The van der Waals surface area contributed by atoms with Crippen molar-refractivity contribution in [2.45, 2.75) is 0 Å². The van der Waals surface area contributed by atoms with Crippen LogP contribution in [0.5, 0.6) is 0 Å². The zero-order valence-electron chi connectivity index (χ0n) is 11.3. The number of nitrogens with zero attached hydrogens (tertiary/aromatic N) is 1. The predicted octanol–water partition coefficient (Wildman–Crippen LogP) is 0.957. The second kappa shape index (κ2) is 7.60. The number of hydrogen-bond acceptors (Lipinski definition) is 5. The summed E-state index contributed by atoms with van der Waals surface area (Å²) in [6, 6.07) is 4.81. The molecule has 0 aromatic heterocycles. The van der Waals surface area contributed by atoms with E-state index in [1.165, 1.54) is 6.07 Å². The summed E-state index contributed by atoms with van der Waals surface area (Å²) in [6.07, 6.45) is 0. The van der Waals surface area contributed by atoms with Crippen molar-refractivity contribution < 1.29 is 14.6 Å². The van der Waals surface area contributed by atoms with Gasteiger partial charge in [0.15, 0.2) is 0 Å². The lowest BCUT2D eigenvalue weighted by atomic mass is 10.1. The molecule has 6 heteroatoms. The Kier molecular flexibility index (Phi) is 6.11. The van der Waals surface area contributed by atoms with E-state index in [4.69, 9.17) is 15.6 Å². The van der Waals surface area contributed by atoms with Gasteiger partial charge in [0.2, 0.25) is 0 Å². The van der Waals surface area contributed by atoms with Crippen LogP contribution in [0.2, 0.25) is 0 Å². The van der Waals surface area contributed by atoms with Crippen LogP contribution in [0.25, 0.3) is 0 Å². The summed E-state index contributed by atoms with van der Waals surface area (Å²) in [5.41, 5.74) is 6.82. The zero-order chi connectivity index (χ0) is 14.3. The van der Waals surface area contributed by atoms with E-state index in [0.29, 0.717) is 31.1 Å². The average Bonchev–Trinajstić information content (AvgIpc) is 2.34. The van der Waals surface area contributed by atoms with E-state index in [1.807, 2.05) is 19.0 Å². The number of rotatable bonds is 8. The highest BCUT2D eigenvalue weighted by atomic mass is 16.5. The Morgan fingerprint density at radius 1 is 1.42 bits per heavy atom. The SMILES string of the molecule is CN(C)CCOCCNc1c(N)cccc1C(=O)O. The van der Waals surface area contributed by atoms with E-state index in [2.05, 4.69) is 5.32 Å². The largest absolute Gasteiger partial charge is 0.478 e. The normalized spacial score (nSPS) is 10.7. The molecule has 0 atom stereocenters. The van der Waals surface area contributed by atoms with Crippen molar-refractivity contribution in [2.75, 3.05) is 51.4 Å². The van der Waals surface area contributed by atoms with Crippen LogP contribution in [0, 0.1) is 0 Å². The van der Waals surface area contributed by atoms with Gasteiger partial charge < -0.3 is 25.8 Å². The maximum Gasteiger partial charge on any atom is 0.337 e. The Labute approximate surface area is 113 Å². The van der Waals surface area contributed by atoms with E-state index >= 15 is 0 Å². The maximum absolute atomic E-state index is 11.1. The number of nitrogens with one attached hydrogen (secondary N) is 1. The summed E-state index contributed by atoms with van der Waals surface area (Å²) in [5.74, 6) is -0.997. The number of nitrogens with two attached hydrogens (primary N) is 1. The Bertz CT molecular complexity index is 422. The minimum Gasteiger partial charge on any atom is -0.478 e. The van der Waals surface area contributed by atoms with Gasteiger partial charge in [-0.25, -0.2) is 4.79 Å². The first-order chi connectivity index (χ1) is 9.02. The molecule has 19 heavy (non-hydrogen) atoms. The van der Waals surface area contributed by atoms with E-state index in [9.17, 15) is 4.79 Å². The smallest absolute Gasteiger partial charge is 0.337 e. The van der Waals surface area contributed by atoms with Gasteiger partial charge in [-0.2, -0.15) is 0 Å². The van der Waals surface area contributed by atoms with Crippen LogP contribution in [0.3, 0.4) is 0 Å². The molecule has 0 heterocycles. The van der Waals surface area contributed by atoms with Gasteiger partial charge in [-0.3, -0.25) is 0 Å². The standard InChI is InChI=1S/C13H21N3O3/c1-16(2)7-9-19-8-6-15-12-10(13(17)18)4-3-5-11(12)14/h3-5,15H,6-9,14H2,1-2H3,(H,17,18). The first-order valence-electron chi connectivity index (χ1n) is 6.10. The van der Waals surface area contributed by atoms with Gasteiger partial charge in [-0.05, 0) is 26.2 Å². The quantitative estimate of drug-likeness (QED) is 0.480. The molecule has 0 saturated carbocycles. The van der Waals surface area contributed by atoms with Crippen LogP contribution in [0.1, 0.15) is 10.4 Å². The number of nitrogen functional groups attached to an aromatic ring is 1. The Hall–Kier alpha value is -1.79. The summed E-state index contributed by atoms with van der Waals surface area (Å²) in [6.45, 7) is 2.52. The van der Waals surface area contributed by atoms with E-state index in [0.717, 1.165) is 6.54 Å². The van der Waals surface area contributed by atoms with Crippen molar-refractivity contribution >= 4 is 17.3 Å². The molecule has 0 amide bonds. The number of carboxylic acid groups (broad SMARTS) is 1. The van der Waals surface area contributed by atoms with E-state index < -0.39 is 5.97 Å². The molecular weight excluding hydrogens is 246 g/mol. The van der Waals surface area contributed by atoms with Gasteiger partial charge in [0.1, 0.15) is 0 Å². The summed E-state index contributed by atoms with van der Waals surface area (Å²) in [5, 5.41) is 12.1. The van der Waals surface area contributed by atoms with Gasteiger partial charge in [0, 0.05) is 13.1 Å². The van der Waals surface area contributed by atoms with Crippen molar-refractivity contribution in [1.82, 2.24) is 4.90 Å². The Morgan fingerprint density at radius 3 is 2.79 bits per heavy atom. The molecule has 6 nitrogen and oxygen atoms in total. The molecule has 0 saturated heterocycles. The molecule has 0 aliphatic rings. The topological polar surface area (TPSA) is 87.8 Å². The van der Waals surface area contributed by atoms with Crippen LogP contribution in [0.4, 0.5) is 11.4 Å². The van der Waals surface area contributed by atoms with Gasteiger partial charge in [-0.1, -0.05) is 6.07 Å². The number of likely N-dealkylation sites (N-methyl/N-ethyl adjacent to an activating group) is 1. The van der Waals surface area contributed by atoms with Crippen molar-refractivity contribution in [3.63, 3.8) is 0 Å². The summed E-state index contributed by atoms with van der Waals surface area (Å²) < 4.78 is 5.41. The van der Waals surface area contributed by atoms with E-state index in [-0.39, 0.29) is 5.56 Å². The minimum absolute atomic E-state index is 0.174. The highest BCUT2D eigenvalue weighted by Gasteiger charge is 2.11. The number of carboxylic acids is 1. The van der Waals surface area contributed by atoms with Crippen LogP contribution >= 0.6 is 0 Å². The van der Waals surface area contributed by atoms with Crippen LogP contribution < -0.4 is 11.1 Å². The van der Waals surface area contributed by atoms with Gasteiger partial charge >= 0.3 is 5.97 Å². The summed E-state index contributed by atoms with van der Waals surface area (Å²) >= 11 is 0. The first kappa shape index (κ1) is 15.3. The fourth-order valence-corrected chi connectivity index (χ4v) is 1.54. The van der Waals surface area contributed by atoms with Crippen LogP contribution in [-0.2, 0) is 4.74 Å². The van der Waals surface area contributed by atoms with Crippen molar-refractivity contribution in [3.05, 3.63) is 23.8 Å². The molecule has 1 aromatic carbocycles. The van der Waals surface area contributed by atoms with Crippen molar-refractivity contribution in [1.29, 1.82) is 0 Å². The summed E-state index contributed by atoms with van der Waals surface area (Å²) in [4.78, 5) is 13.1. The zero-order valence-corrected chi connectivity index (χ0v) is 11.3. The number of benzene rings is 1. The van der Waals surface area contributed by atoms with Crippen molar-refractivity contribution in [3.8, 4) is 0 Å². The second-order valence-corrected chi connectivity index (χ2v) is 4.42. The molecule has 0 aliphatic heterocycles. The van der Waals surface area contributed by atoms with Gasteiger partial charge in [0.25, 0.3) is 0 Å². The lowest BCUT2D eigenvalue weighted by Gasteiger charge is -2.13. The predicted molar refractivity (Wildman–Crippen MR) is 75.7 cm³/mol. The Morgan fingerprint density at radius 2 is 2.16 bits per heavy atom. The molecule has 0 bridgehead atoms. The fraction of sp³-hybridized carbons (Fsp3) is 0.462. The minimum atomic E-state index is -0.997. The molecule has 4 N–H and O–H groups in total. The fourth-order valence-electron chi connectivity index (χ4n) is 1.54. The number of para-hydroxylation sites is 1. The molecule has 0 spiro atoms. The number of carbonyl (C=O) groups is 1. The van der Waals surface area contributed by atoms with Crippen LogP contribution in [-0.4, -0.2) is 56.4 Å². The third kappa shape index (κ3) is 5.15. The third-order valence-electron chi connectivity index (χ3n) is 2.56. The number of ether oxygens (including phenoxy) is 1. The maximum atomic E-state index is 11.1. The first-order valence-corrected chi connectivity index (χ1v) is 6.10. The molecule has 0 fully saturated rings. The highest BCUT2D eigenvalue weighted by molar-refractivity contribution is 5.97. The highest BCUT2D eigenvalue weighted by Crippen LogP contribution is 2.23. The molecule has 0 aliphatic carbocycles. The monoisotopic (exact) mass is 267 g/mol. The number of anilines is 2. The van der Waals surface area contributed by atoms with Crippen LogP contribution in [0.15, 0.2) is 18.2 Å². The molecule has 0 radical (unpaired) electrons. The Balaban J connectivity index is 2.43. The van der Waals surface area contributed by atoms with Crippen molar-refractivity contribution in [2.24, 2.45) is 0 Å². The molecule has 1 rings (SSSR count). The van der Waals surface area contributed by atoms with Gasteiger partial charge in [-0.15, -0.1) is 0 Å². The molecular formula is C13H21N3O3. The number of aromatic carboxylic acids is 1. The molecule has 106 valence electrons. The number of hydrogen-bond donors (Lipinski definition) is 3. The third-order valence-corrected chi connectivity index (χ3v) is 2.56. The van der Waals surface area contributed by atoms with Gasteiger partial charge in [0.05, 0.1) is 30.2 Å². The van der Waals surface area contributed by atoms with E-state index in [1.54, 1.807) is 12.1 Å². The average molecular weight is 267 g/mol. The second-order valence-electron chi connectivity index (χ2n) is 4.42. The molecule has 0 unspecified atom stereocenters.